The van der Waals surface area contributed by atoms with Crippen molar-refractivity contribution in [3.05, 3.63) is 29.8 Å². The van der Waals surface area contributed by atoms with Gasteiger partial charge in [-0.2, -0.15) is 4.31 Å². The summed E-state index contributed by atoms with van der Waals surface area (Å²) < 4.78 is 57.3. The molecule has 0 amide bonds. The minimum Gasteiger partial charge on any atom is -0.353 e. The van der Waals surface area contributed by atoms with Gasteiger partial charge >= 0.3 is 0 Å². The number of carbonyl (C=O) groups excluding carboxylic acids is 1. The summed E-state index contributed by atoms with van der Waals surface area (Å²) in [6, 6.07) is 5.73. The molecule has 1 aromatic carbocycles. The molecule has 0 spiro atoms. The number of ether oxygens (including phenoxy) is 5. The van der Waals surface area contributed by atoms with Crippen LogP contribution in [0.25, 0.3) is 0 Å². The fraction of sp³-hybridized carbons (Fsp3) is 0.696. The SMILES string of the molecule is CCOC(C)OC[C@H]1[C@@H]([C@@H](C=O)OC(C)OCC)OC(C)(C)N1S(=O)(=O)c1ccc(C)cc1. The van der Waals surface area contributed by atoms with Crippen molar-refractivity contribution in [2.45, 2.75) is 89.9 Å². The van der Waals surface area contributed by atoms with Crippen LogP contribution in [0.4, 0.5) is 0 Å². The molecular formula is C23H37NO8S. The first kappa shape index (κ1) is 27.8. The zero-order valence-corrected chi connectivity index (χ0v) is 21.3. The second-order valence-corrected chi connectivity index (χ2v) is 10.1. The molecule has 0 aromatic heterocycles. The number of carbonyl (C=O) groups is 1. The number of rotatable bonds is 13. The Balaban J connectivity index is 2.45. The van der Waals surface area contributed by atoms with Gasteiger partial charge in [0, 0.05) is 13.2 Å². The maximum atomic E-state index is 13.7. The third-order valence-electron chi connectivity index (χ3n) is 5.32. The molecule has 5 atom stereocenters. The van der Waals surface area contributed by atoms with E-state index in [1.165, 1.54) is 4.31 Å². The maximum Gasteiger partial charge on any atom is 0.245 e. The van der Waals surface area contributed by atoms with Gasteiger partial charge in [0.15, 0.2) is 18.9 Å². The highest BCUT2D eigenvalue weighted by molar-refractivity contribution is 7.89. The van der Waals surface area contributed by atoms with Gasteiger partial charge in [-0.05, 0) is 60.6 Å². The molecule has 10 heteroatoms. The minimum atomic E-state index is -4.00. The van der Waals surface area contributed by atoms with E-state index in [0.29, 0.717) is 19.5 Å². The summed E-state index contributed by atoms with van der Waals surface area (Å²) in [4.78, 5) is 12.1. The average molecular weight is 488 g/mol. The molecule has 1 heterocycles. The van der Waals surface area contributed by atoms with Gasteiger partial charge in [-0.15, -0.1) is 0 Å². The molecule has 0 radical (unpaired) electrons. The topological polar surface area (TPSA) is 101 Å². The summed E-state index contributed by atoms with van der Waals surface area (Å²) in [6.07, 6.45) is -2.63. The van der Waals surface area contributed by atoms with Gasteiger partial charge < -0.3 is 28.5 Å². The van der Waals surface area contributed by atoms with E-state index in [4.69, 9.17) is 23.7 Å². The van der Waals surface area contributed by atoms with E-state index < -0.39 is 46.6 Å². The zero-order chi connectivity index (χ0) is 24.8. The van der Waals surface area contributed by atoms with Crippen molar-refractivity contribution in [3.63, 3.8) is 0 Å². The summed E-state index contributed by atoms with van der Waals surface area (Å²) in [5, 5.41) is 0. The Morgan fingerprint density at radius 3 is 2.18 bits per heavy atom. The van der Waals surface area contributed by atoms with Crippen LogP contribution in [0.15, 0.2) is 29.2 Å². The van der Waals surface area contributed by atoms with Crippen LogP contribution in [0.5, 0.6) is 0 Å². The van der Waals surface area contributed by atoms with Gasteiger partial charge in [0.05, 0.1) is 17.5 Å². The van der Waals surface area contributed by atoms with Crippen LogP contribution in [-0.4, -0.2) is 75.4 Å². The lowest BCUT2D eigenvalue weighted by Gasteiger charge is -2.33. The van der Waals surface area contributed by atoms with Crippen molar-refractivity contribution < 1.29 is 36.9 Å². The molecule has 1 aliphatic heterocycles. The molecule has 0 saturated carbocycles. The molecule has 1 aromatic rings. The number of aryl methyl sites for hydroxylation is 1. The highest BCUT2D eigenvalue weighted by atomic mass is 32.2. The van der Waals surface area contributed by atoms with Gasteiger partial charge in [-0.1, -0.05) is 17.7 Å². The van der Waals surface area contributed by atoms with Crippen LogP contribution in [0.2, 0.25) is 0 Å². The Hall–Kier alpha value is -1.40. The summed E-state index contributed by atoms with van der Waals surface area (Å²) >= 11 is 0. The predicted molar refractivity (Wildman–Crippen MR) is 122 cm³/mol. The zero-order valence-electron chi connectivity index (χ0n) is 20.5. The molecule has 33 heavy (non-hydrogen) atoms. The standard InChI is InChI=1S/C23H37NO8S/c1-8-28-17(4)30-15-20-22(21(14-25)31-18(5)29-9-2)32-23(6,7)24(20)33(26,27)19-12-10-16(3)11-13-19/h10-14,17-18,20-22H,8-9,15H2,1-7H3/t17?,18?,20-,21+,22-/m0/s1. The lowest BCUT2D eigenvalue weighted by atomic mass is 10.1. The highest BCUT2D eigenvalue weighted by Crippen LogP contribution is 2.39. The highest BCUT2D eigenvalue weighted by Gasteiger charge is 2.56. The average Bonchev–Trinajstić information content (AvgIpc) is 3.02. The molecule has 2 unspecified atom stereocenters. The first-order valence-electron chi connectivity index (χ1n) is 11.2. The van der Waals surface area contributed by atoms with Crippen molar-refractivity contribution in [1.29, 1.82) is 0 Å². The van der Waals surface area contributed by atoms with E-state index in [1.807, 2.05) is 20.8 Å². The lowest BCUT2D eigenvalue weighted by molar-refractivity contribution is -0.193. The number of sulfonamides is 1. The third-order valence-corrected chi connectivity index (χ3v) is 7.42. The Kier molecular flexibility index (Phi) is 9.98. The molecule has 0 N–H and O–H groups in total. The van der Waals surface area contributed by atoms with Crippen LogP contribution < -0.4 is 0 Å². The van der Waals surface area contributed by atoms with Crippen molar-refractivity contribution >= 4 is 16.3 Å². The Morgan fingerprint density at radius 1 is 1.06 bits per heavy atom. The molecule has 2 rings (SSSR count). The van der Waals surface area contributed by atoms with E-state index in [2.05, 4.69) is 0 Å². The molecule has 1 aliphatic rings. The quantitative estimate of drug-likeness (QED) is 0.309. The molecule has 188 valence electrons. The molecule has 0 aliphatic carbocycles. The van der Waals surface area contributed by atoms with Crippen molar-refractivity contribution in [2.75, 3.05) is 19.8 Å². The van der Waals surface area contributed by atoms with Gasteiger partial charge in [-0.25, -0.2) is 8.42 Å². The second-order valence-electron chi connectivity index (χ2n) is 8.33. The monoisotopic (exact) mass is 487 g/mol. The van der Waals surface area contributed by atoms with E-state index in [-0.39, 0.29) is 11.5 Å². The minimum absolute atomic E-state index is 0.0585. The summed E-state index contributed by atoms with van der Waals surface area (Å²) in [6.45, 7) is 13.0. The van der Waals surface area contributed by atoms with E-state index in [9.17, 15) is 13.2 Å². The van der Waals surface area contributed by atoms with Crippen LogP contribution in [0.3, 0.4) is 0 Å². The number of benzene rings is 1. The predicted octanol–water partition coefficient (Wildman–Crippen LogP) is 2.85. The normalized spacial score (nSPS) is 23.8. The fourth-order valence-electron chi connectivity index (χ4n) is 3.94. The molecule has 1 fully saturated rings. The van der Waals surface area contributed by atoms with E-state index in [0.717, 1.165) is 5.56 Å². The maximum absolute atomic E-state index is 13.7. The first-order chi connectivity index (χ1) is 15.5. The van der Waals surface area contributed by atoms with Gasteiger partial charge in [-0.3, -0.25) is 0 Å². The smallest absolute Gasteiger partial charge is 0.245 e. The van der Waals surface area contributed by atoms with Gasteiger partial charge in [0.25, 0.3) is 0 Å². The largest absolute Gasteiger partial charge is 0.353 e. The summed E-state index contributed by atoms with van der Waals surface area (Å²) in [5.74, 6) is 0. The Morgan fingerprint density at radius 2 is 1.64 bits per heavy atom. The van der Waals surface area contributed by atoms with E-state index in [1.54, 1.807) is 52.0 Å². The van der Waals surface area contributed by atoms with Crippen LogP contribution in [0.1, 0.15) is 47.1 Å². The van der Waals surface area contributed by atoms with Crippen molar-refractivity contribution in [2.24, 2.45) is 0 Å². The Labute approximate surface area is 197 Å². The number of hydrogen-bond acceptors (Lipinski definition) is 8. The first-order valence-corrected chi connectivity index (χ1v) is 12.7. The summed E-state index contributed by atoms with van der Waals surface area (Å²) in [7, 11) is -4.00. The molecule has 9 nitrogen and oxygen atoms in total. The molecule has 1 saturated heterocycles. The second kappa shape index (κ2) is 11.8. The van der Waals surface area contributed by atoms with Gasteiger partial charge in [0.2, 0.25) is 10.0 Å². The van der Waals surface area contributed by atoms with Crippen LogP contribution >= 0.6 is 0 Å². The van der Waals surface area contributed by atoms with Crippen LogP contribution in [0, 0.1) is 6.92 Å². The van der Waals surface area contributed by atoms with Crippen molar-refractivity contribution in [3.8, 4) is 0 Å². The Bertz CT molecular complexity index is 858. The molecular weight excluding hydrogens is 450 g/mol. The van der Waals surface area contributed by atoms with Crippen LogP contribution in [-0.2, 0) is 38.5 Å². The molecule has 0 bridgehead atoms. The summed E-state index contributed by atoms with van der Waals surface area (Å²) in [5.41, 5.74) is -0.329. The van der Waals surface area contributed by atoms with Gasteiger partial charge in [0.1, 0.15) is 17.9 Å². The van der Waals surface area contributed by atoms with E-state index >= 15 is 0 Å². The number of aldehydes is 1. The lowest BCUT2D eigenvalue weighted by Crippen LogP contribution is -2.52. The number of hydrogen-bond donors (Lipinski definition) is 0. The third kappa shape index (κ3) is 6.82. The van der Waals surface area contributed by atoms with Crippen molar-refractivity contribution in [1.82, 2.24) is 4.31 Å². The fourth-order valence-corrected chi connectivity index (χ4v) is 5.80. The number of nitrogens with zero attached hydrogens (tertiary/aromatic N) is 1.